The number of likely N-dealkylation sites (tertiary alicyclic amines) is 1. The van der Waals surface area contributed by atoms with Gasteiger partial charge in [0.2, 0.25) is 0 Å². The van der Waals surface area contributed by atoms with E-state index in [1.54, 1.807) is 6.07 Å². The summed E-state index contributed by atoms with van der Waals surface area (Å²) in [6.07, 6.45) is 1.65. The van der Waals surface area contributed by atoms with Gasteiger partial charge >= 0.3 is 12.1 Å². The second kappa shape index (κ2) is 8.98. The van der Waals surface area contributed by atoms with Gasteiger partial charge in [-0.3, -0.25) is 9.69 Å². The molecule has 0 bridgehead atoms. The van der Waals surface area contributed by atoms with Crippen LogP contribution in [0.3, 0.4) is 0 Å². The SMILES string of the molecule is O=C(O)C1CCC(Oc2cc(CN3CCCC34CCNCC4)cc(C(F)(F)F)c2)CC1. The number of nitrogens with one attached hydrogen (secondary N) is 1. The molecule has 1 spiro atoms. The van der Waals surface area contributed by atoms with Gasteiger partial charge in [-0.2, -0.15) is 13.2 Å². The van der Waals surface area contributed by atoms with Crippen molar-refractivity contribution < 1.29 is 27.8 Å². The van der Waals surface area contributed by atoms with Gasteiger partial charge in [0.1, 0.15) is 5.75 Å². The highest BCUT2D eigenvalue weighted by Crippen LogP contribution is 2.39. The zero-order valence-electron chi connectivity index (χ0n) is 17.7. The van der Waals surface area contributed by atoms with Crippen molar-refractivity contribution in [2.24, 2.45) is 5.92 Å². The number of ether oxygens (including phenoxy) is 1. The normalized spacial score (nSPS) is 26.8. The van der Waals surface area contributed by atoms with Gasteiger partial charge in [0.15, 0.2) is 0 Å². The molecule has 2 heterocycles. The minimum atomic E-state index is -4.44. The van der Waals surface area contributed by atoms with E-state index in [0.717, 1.165) is 51.4 Å². The number of halogens is 3. The van der Waals surface area contributed by atoms with E-state index in [1.807, 2.05) is 0 Å². The van der Waals surface area contributed by atoms with Crippen molar-refractivity contribution in [3.8, 4) is 5.75 Å². The van der Waals surface area contributed by atoms with Crippen LogP contribution in [0.5, 0.6) is 5.75 Å². The summed E-state index contributed by atoms with van der Waals surface area (Å²) >= 11 is 0. The molecule has 1 saturated carbocycles. The molecule has 8 heteroatoms. The van der Waals surface area contributed by atoms with Crippen molar-refractivity contribution in [3.05, 3.63) is 29.3 Å². The Morgan fingerprint density at radius 3 is 2.48 bits per heavy atom. The topological polar surface area (TPSA) is 61.8 Å². The number of nitrogens with zero attached hydrogens (tertiary/aromatic N) is 1. The van der Waals surface area contributed by atoms with Gasteiger partial charge in [0.05, 0.1) is 17.6 Å². The Labute approximate surface area is 180 Å². The maximum absolute atomic E-state index is 13.6. The second-order valence-electron chi connectivity index (χ2n) is 9.29. The van der Waals surface area contributed by atoms with Crippen LogP contribution in [-0.4, -0.2) is 47.3 Å². The molecule has 0 atom stereocenters. The number of carboxylic acids is 1. The smallest absolute Gasteiger partial charge is 0.416 e. The Morgan fingerprint density at radius 2 is 1.84 bits per heavy atom. The molecule has 0 aromatic heterocycles. The van der Waals surface area contributed by atoms with Crippen LogP contribution in [0.2, 0.25) is 0 Å². The molecule has 31 heavy (non-hydrogen) atoms. The molecule has 1 aliphatic carbocycles. The third kappa shape index (κ3) is 5.17. The van der Waals surface area contributed by atoms with Gasteiger partial charge in [0.25, 0.3) is 0 Å². The van der Waals surface area contributed by atoms with Crippen molar-refractivity contribution in [3.63, 3.8) is 0 Å². The quantitative estimate of drug-likeness (QED) is 0.709. The molecule has 0 unspecified atom stereocenters. The summed E-state index contributed by atoms with van der Waals surface area (Å²) in [6, 6.07) is 4.07. The molecular formula is C23H31F3N2O3. The summed E-state index contributed by atoms with van der Waals surface area (Å²) in [5.41, 5.74) is 0.0389. The predicted octanol–water partition coefficient (Wildman–Crippen LogP) is 4.45. The fourth-order valence-corrected chi connectivity index (χ4v) is 5.52. The Morgan fingerprint density at radius 1 is 1.13 bits per heavy atom. The fraction of sp³-hybridized carbons (Fsp3) is 0.696. The van der Waals surface area contributed by atoms with Crippen LogP contribution in [-0.2, 0) is 17.5 Å². The third-order valence-corrected chi connectivity index (χ3v) is 7.27. The van der Waals surface area contributed by atoms with Gasteiger partial charge in [-0.1, -0.05) is 0 Å². The summed E-state index contributed by atoms with van der Waals surface area (Å²) in [5.74, 6) is -0.951. The monoisotopic (exact) mass is 440 g/mol. The van der Waals surface area contributed by atoms with E-state index in [0.29, 0.717) is 37.8 Å². The number of benzene rings is 1. The van der Waals surface area contributed by atoms with Crippen molar-refractivity contribution in [1.82, 2.24) is 10.2 Å². The van der Waals surface area contributed by atoms with Crippen molar-refractivity contribution in [2.45, 2.75) is 75.7 Å². The number of piperidine rings is 1. The summed E-state index contributed by atoms with van der Waals surface area (Å²) in [6.45, 7) is 3.30. The maximum atomic E-state index is 13.6. The lowest BCUT2D eigenvalue weighted by atomic mass is 9.85. The molecule has 5 nitrogen and oxygen atoms in total. The lowest BCUT2D eigenvalue weighted by Gasteiger charge is -2.42. The molecule has 172 valence electrons. The summed E-state index contributed by atoms with van der Waals surface area (Å²) in [5, 5.41) is 12.5. The van der Waals surface area contributed by atoms with Crippen LogP contribution in [0.1, 0.15) is 62.5 Å². The Bertz CT molecular complexity index is 785. The number of alkyl halides is 3. The lowest BCUT2D eigenvalue weighted by Crippen LogP contribution is -2.50. The largest absolute Gasteiger partial charge is 0.490 e. The highest BCUT2D eigenvalue weighted by Gasteiger charge is 2.41. The fourth-order valence-electron chi connectivity index (χ4n) is 5.52. The molecule has 0 amide bonds. The predicted molar refractivity (Wildman–Crippen MR) is 110 cm³/mol. The Balaban J connectivity index is 1.51. The maximum Gasteiger partial charge on any atom is 0.416 e. The third-order valence-electron chi connectivity index (χ3n) is 7.27. The van der Waals surface area contributed by atoms with Crippen LogP contribution in [0.25, 0.3) is 0 Å². The zero-order valence-corrected chi connectivity index (χ0v) is 17.7. The van der Waals surface area contributed by atoms with Crippen molar-refractivity contribution >= 4 is 5.97 Å². The van der Waals surface area contributed by atoms with E-state index in [2.05, 4.69) is 10.2 Å². The van der Waals surface area contributed by atoms with Gasteiger partial charge in [0, 0.05) is 12.1 Å². The van der Waals surface area contributed by atoms with E-state index in [4.69, 9.17) is 9.84 Å². The van der Waals surface area contributed by atoms with Crippen molar-refractivity contribution in [2.75, 3.05) is 19.6 Å². The average molecular weight is 441 g/mol. The van der Waals surface area contributed by atoms with Gasteiger partial charge in [-0.15, -0.1) is 0 Å². The first-order valence-electron chi connectivity index (χ1n) is 11.3. The first kappa shape index (κ1) is 22.4. The molecule has 1 aromatic carbocycles. The Kier molecular flexibility index (Phi) is 6.49. The Hall–Kier alpha value is -1.80. The number of carbonyl (C=O) groups is 1. The molecule has 3 fully saturated rings. The first-order valence-corrected chi connectivity index (χ1v) is 11.3. The highest BCUT2D eigenvalue weighted by atomic mass is 19.4. The number of aliphatic carboxylic acids is 1. The zero-order chi connectivity index (χ0) is 22.1. The molecule has 2 aliphatic heterocycles. The number of rotatable bonds is 5. The average Bonchev–Trinajstić information content (AvgIpc) is 3.09. The molecular weight excluding hydrogens is 409 g/mol. The minimum Gasteiger partial charge on any atom is -0.490 e. The second-order valence-corrected chi connectivity index (χ2v) is 9.29. The van der Waals surface area contributed by atoms with Crippen LogP contribution >= 0.6 is 0 Å². The van der Waals surface area contributed by atoms with E-state index in [1.165, 1.54) is 6.07 Å². The number of hydrogen-bond donors (Lipinski definition) is 2. The molecule has 2 saturated heterocycles. The molecule has 3 aliphatic rings. The van der Waals surface area contributed by atoms with Crippen molar-refractivity contribution in [1.29, 1.82) is 0 Å². The van der Waals surface area contributed by atoms with Crippen LogP contribution in [0.15, 0.2) is 18.2 Å². The first-order chi connectivity index (χ1) is 14.7. The van der Waals surface area contributed by atoms with Crippen LogP contribution in [0.4, 0.5) is 13.2 Å². The standard InChI is InChI=1S/C23H31F3N2O3/c24-23(25,26)18-12-16(15-28-11-1-6-22(28)7-9-27-10-8-22)13-20(14-18)31-19-4-2-17(3-5-19)21(29)30/h12-14,17,19,27H,1-11,15H2,(H,29,30). The number of carboxylic acid groups (broad SMARTS) is 1. The van der Waals surface area contributed by atoms with E-state index >= 15 is 0 Å². The van der Waals surface area contributed by atoms with Crippen LogP contribution < -0.4 is 10.1 Å². The lowest BCUT2D eigenvalue weighted by molar-refractivity contribution is -0.143. The van der Waals surface area contributed by atoms with Gasteiger partial charge in [-0.05, 0) is 94.8 Å². The molecule has 1 aromatic rings. The summed E-state index contributed by atoms with van der Waals surface area (Å²) < 4.78 is 46.7. The number of hydrogen-bond acceptors (Lipinski definition) is 4. The summed E-state index contributed by atoms with van der Waals surface area (Å²) in [7, 11) is 0. The highest BCUT2D eigenvalue weighted by molar-refractivity contribution is 5.70. The van der Waals surface area contributed by atoms with Crippen LogP contribution in [0, 0.1) is 5.92 Å². The molecule has 0 radical (unpaired) electrons. The van der Waals surface area contributed by atoms with Gasteiger partial charge in [-0.25, -0.2) is 0 Å². The van der Waals surface area contributed by atoms with Gasteiger partial charge < -0.3 is 15.2 Å². The van der Waals surface area contributed by atoms with E-state index in [-0.39, 0.29) is 23.3 Å². The van der Waals surface area contributed by atoms with E-state index < -0.39 is 17.7 Å². The van der Waals surface area contributed by atoms with E-state index in [9.17, 15) is 18.0 Å². The molecule has 2 N–H and O–H groups in total. The summed E-state index contributed by atoms with van der Waals surface area (Å²) in [4.78, 5) is 13.5. The minimum absolute atomic E-state index is 0.0930. The molecule has 4 rings (SSSR count).